The van der Waals surface area contributed by atoms with Gasteiger partial charge in [-0.25, -0.2) is 8.42 Å². The molecule has 17 heavy (non-hydrogen) atoms. The lowest BCUT2D eigenvalue weighted by Crippen LogP contribution is -2.01. The van der Waals surface area contributed by atoms with Crippen LogP contribution >= 0.6 is 15.9 Å². The Morgan fingerprint density at radius 3 is 2.18 bits per heavy atom. The van der Waals surface area contributed by atoms with Crippen LogP contribution in [0.25, 0.3) is 0 Å². The maximum Gasteiger partial charge on any atom is 0.206 e. The molecule has 0 heterocycles. The smallest absolute Gasteiger partial charge is 0.206 e. The predicted octanol–water partition coefficient (Wildman–Crippen LogP) is 2.99. The van der Waals surface area contributed by atoms with Crippen LogP contribution in [0.15, 0.2) is 62.8 Å². The molecule has 0 saturated heterocycles. The van der Waals surface area contributed by atoms with E-state index in [-0.39, 0.29) is 15.5 Å². The van der Waals surface area contributed by atoms with Gasteiger partial charge in [0, 0.05) is 0 Å². The monoisotopic (exact) mass is 312 g/mol. The minimum Gasteiger partial charge on any atom is -0.507 e. The minimum atomic E-state index is -3.52. The Hall–Kier alpha value is -1.33. The molecule has 0 fully saturated rings. The molecule has 3 nitrogen and oxygen atoms in total. The van der Waals surface area contributed by atoms with Crippen molar-refractivity contribution < 1.29 is 13.5 Å². The largest absolute Gasteiger partial charge is 0.507 e. The first-order chi connectivity index (χ1) is 8.01. The second-order valence-corrected chi connectivity index (χ2v) is 6.23. The summed E-state index contributed by atoms with van der Waals surface area (Å²) in [7, 11) is -3.52. The number of hydrogen-bond acceptors (Lipinski definition) is 3. The molecule has 0 aliphatic rings. The van der Waals surface area contributed by atoms with Crippen LogP contribution in [0.5, 0.6) is 5.75 Å². The zero-order chi connectivity index (χ0) is 12.5. The number of sulfone groups is 1. The van der Waals surface area contributed by atoms with E-state index in [0.717, 1.165) is 0 Å². The molecule has 0 aromatic heterocycles. The molecule has 0 bridgehead atoms. The quantitative estimate of drug-likeness (QED) is 0.927. The number of benzene rings is 2. The van der Waals surface area contributed by atoms with Crippen molar-refractivity contribution in [2.24, 2.45) is 0 Å². The van der Waals surface area contributed by atoms with Crippen molar-refractivity contribution in [2.75, 3.05) is 0 Å². The van der Waals surface area contributed by atoms with Crippen molar-refractivity contribution in [3.8, 4) is 5.75 Å². The van der Waals surface area contributed by atoms with Gasteiger partial charge in [0.05, 0.1) is 14.3 Å². The van der Waals surface area contributed by atoms with Gasteiger partial charge in [0.15, 0.2) is 0 Å². The standard InChI is InChI=1S/C12H9BrO3S/c13-11-8-10(6-7-12(11)14)17(15,16)9-4-2-1-3-5-9/h1-8,14H. The molecule has 0 radical (unpaired) electrons. The highest BCUT2D eigenvalue weighted by molar-refractivity contribution is 9.10. The van der Waals surface area contributed by atoms with Gasteiger partial charge in [0.1, 0.15) is 5.75 Å². The zero-order valence-corrected chi connectivity index (χ0v) is 11.1. The molecular formula is C12H9BrO3S. The maximum absolute atomic E-state index is 12.2. The number of hydrogen-bond donors (Lipinski definition) is 1. The summed E-state index contributed by atoms with van der Waals surface area (Å²) in [5.74, 6) is 0.0111. The van der Waals surface area contributed by atoms with E-state index in [9.17, 15) is 13.5 Å². The van der Waals surface area contributed by atoms with Crippen molar-refractivity contribution in [3.63, 3.8) is 0 Å². The third-order valence-electron chi connectivity index (χ3n) is 2.28. The molecule has 1 N–H and O–H groups in total. The SMILES string of the molecule is O=S(=O)(c1ccccc1)c1ccc(O)c(Br)c1. The summed E-state index contributed by atoms with van der Waals surface area (Å²) in [5.41, 5.74) is 0. The molecule has 2 rings (SSSR count). The second-order valence-electron chi connectivity index (χ2n) is 3.43. The summed E-state index contributed by atoms with van der Waals surface area (Å²) < 4.78 is 24.7. The number of halogens is 1. The molecule has 5 heteroatoms. The maximum atomic E-state index is 12.2. The fourth-order valence-electron chi connectivity index (χ4n) is 1.39. The Morgan fingerprint density at radius 1 is 0.941 bits per heavy atom. The van der Waals surface area contributed by atoms with Crippen LogP contribution < -0.4 is 0 Å². The topological polar surface area (TPSA) is 54.4 Å². The highest BCUT2D eigenvalue weighted by Gasteiger charge is 2.17. The fourth-order valence-corrected chi connectivity index (χ4v) is 3.23. The van der Waals surface area contributed by atoms with Gasteiger partial charge in [-0.2, -0.15) is 0 Å². The first-order valence-corrected chi connectivity index (χ1v) is 7.08. The predicted molar refractivity (Wildman–Crippen MR) is 67.7 cm³/mol. The van der Waals surface area contributed by atoms with E-state index < -0.39 is 9.84 Å². The van der Waals surface area contributed by atoms with Crippen LogP contribution in [0.2, 0.25) is 0 Å². The van der Waals surface area contributed by atoms with Crippen LogP contribution in [-0.2, 0) is 9.84 Å². The first kappa shape index (κ1) is 12.1. The van der Waals surface area contributed by atoms with Crippen molar-refractivity contribution in [2.45, 2.75) is 9.79 Å². The lowest BCUT2D eigenvalue weighted by molar-refractivity contribution is 0.471. The van der Waals surface area contributed by atoms with E-state index in [1.54, 1.807) is 18.2 Å². The highest BCUT2D eigenvalue weighted by atomic mass is 79.9. The molecule has 0 saturated carbocycles. The van der Waals surface area contributed by atoms with Gasteiger partial charge in [-0.1, -0.05) is 18.2 Å². The average Bonchev–Trinajstić information content (AvgIpc) is 2.33. The molecule has 2 aromatic carbocycles. The lowest BCUT2D eigenvalue weighted by atomic mass is 10.3. The third-order valence-corrected chi connectivity index (χ3v) is 4.69. The van der Waals surface area contributed by atoms with Crippen LogP contribution in [0.3, 0.4) is 0 Å². The van der Waals surface area contributed by atoms with Crippen molar-refractivity contribution in [3.05, 3.63) is 53.0 Å². The molecule has 0 unspecified atom stereocenters. The number of rotatable bonds is 2. The average molecular weight is 313 g/mol. The molecule has 0 amide bonds. The number of phenols is 1. The normalized spacial score (nSPS) is 11.4. The first-order valence-electron chi connectivity index (χ1n) is 4.80. The zero-order valence-electron chi connectivity index (χ0n) is 8.67. The van der Waals surface area contributed by atoms with Crippen molar-refractivity contribution in [1.29, 1.82) is 0 Å². The van der Waals surface area contributed by atoms with Gasteiger partial charge in [0.25, 0.3) is 0 Å². The summed E-state index contributed by atoms with van der Waals surface area (Å²) in [5, 5.41) is 9.34. The van der Waals surface area contributed by atoms with Gasteiger partial charge in [-0.3, -0.25) is 0 Å². The van der Waals surface area contributed by atoms with Crippen LogP contribution in [0.4, 0.5) is 0 Å². The molecule has 0 aliphatic carbocycles. The summed E-state index contributed by atoms with van der Waals surface area (Å²) in [6.45, 7) is 0. The summed E-state index contributed by atoms with van der Waals surface area (Å²) in [6.07, 6.45) is 0. The molecule has 0 spiro atoms. The lowest BCUT2D eigenvalue weighted by Gasteiger charge is -2.05. The highest BCUT2D eigenvalue weighted by Crippen LogP contribution is 2.29. The Kier molecular flexibility index (Phi) is 3.22. The summed E-state index contributed by atoms with van der Waals surface area (Å²) in [4.78, 5) is 0.381. The van der Waals surface area contributed by atoms with E-state index in [2.05, 4.69) is 15.9 Å². The number of phenolic OH excluding ortho intramolecular Hbond substituents is 1. The Morgan fingerprint density at radius 2 is 1.59 bits per heavy atom. The Labute approximate surface area is 108 Å². The van der Waals surface area contributed by atoms with Crippen molar-refractivity contribution >= 4 is 25.8 Å². The third kappa shape index (κ3) is 2.35. The van der Waals surface area contributed by atoms with Gasteiger partial charge >= 0.3 is 0 Å². The Bertz CT molecular complexity index is 636. The molecule has 2 aromatic rings. The van der Waals surface area contributed by atoms with Crippen LogP contribution in [-0.4, -0.2) is 13.5 Å². The summed E-state index contributed by atoms with van der Waals surface area (Å²) in [6, 6.07) is 12.3. The van der Waals surface area contributed by atoms with Crippen molar-refractivity contribution in [1.82, 2.24) is 0 Å². The van der Waals surface area contributed by atoms with Gasteiger partial charge < -0.3 is 5.11 Å². The summed E-state index contributed by atoms with van der Waals surface area (Å²) >= 11 is 3.10. The molecule has 0 aliphatic heterocycles. The minimum absolute atomic E-state index is 0.0111. The number of aromatic hydroxyl groups is 1. The molecule has 88 valence electrons. The van der Waals surface area contributed by atoms with Gasteiger partial charge in [-0.05, 0) is 46.3 Å². The van der Waals surface area contributed by atoms with Gasteiger partial charge in [0.2, 0.25) is 9.84 Å². The molecular weight excluding hydrogens is 304 g/mol. The van der Waals surface area contributed by atoms with E-state index in [4.69, 9.17) is 0 Å². The van der Waals surface area contributed by atoms with E-state index in [1.165, 1.54) is 30.3 Å². The van der Waals surface area contributed by atoms with E-state index >= 15 is 0 Å². The van der Waals surface area contributed by atoms with E-state index in [0.29, 0.717) is 4.47 Å². The van der Waals surface area contributed by atoms with Gasteiger partial charge in [-0.15, -0.1) is 0 Å². The van der Waals surface area contributed by atoms with E-state index in [1.807, 2.05) is 0 Å². The molecule has 0 atom stereocenters. The van der Waals surface area contributed by atoms with Crippen LogP contribution in [0, 0.1) is 0 Å². The van der Waals surface area contributed by atoms with Crippen LogP contribution in [0.1, 0.15) is 0 Å². The Balaban J connectivity index is 2.57. The fraction of sp³-hybridized carbons (Fsp3) is 0. The second kappa shape index (κ2) is 4.50.